The minimum atomic E-state index is -0.369. The van der Waals surface area contributed by atoms with Crippen molar-refractivity contribution in [3.05, 3.63) is 23.8 Å². The van der Waals surface area contributed by atoms with Crippen molar-refractivity contribution in [2.45, 2.75) is 40.2 Å². The van der Waals surface area contributed by atoms with E-state index in [0.29, 0.717) is 18.3 Å². The van der Waals surface area contributed by atoms with Crippen LogP contribution in [0.15, 0.2) is 18.2 Å². The lowest BCUT2D eigenvalue weighted by molar-refractivity contribution is -0.910. The van der Waals surface area contributed by atoms with Gasteiger partial charge in [-0.15, -0.1) is 0 Å². The van der Waals surface area contributed by atoms with Crippen molar-refractivity contribution in [2.75, 3.05) is 39.6 Å². The van der Waals surface area contributed by atoms with E-state index in [1.807, 2.05) is 18.2 Å². The average Bonchev–Trinajstić information content (AvgIpc) is 3.09. The molecule has 0 saturated carbocycles. The van der Waals surface area contributed by atoms with Crippen molar-refractivity contribution < 1.29 is 54.0 Å². The summed E-state index contributed by atoms with van der Waals surface area (Å²) in [6, 6.07) is 5.34. The molecule has 0 aromatic heterocycles. The first-order chi connectivity index (χ1) is 12.5. The van der Waals surface area contributed by atoms with Gasteiger partial charge >= 0.3 is 5.97 Å². The maximum atomic E-state index is 12.7. The van der Waals surface area contributed by atoms with Crippen molar-refractivity contribution >= 4 is 5.97 Å². The fourth-order valence-electron chi connectivity index (χ4n) is 3.02. The highest BCUT2D eigenvalue weighted by molar-refractivity contribution is 5.76. The summed E-state index contributed by atoms with van der Waals surface area (Å²) in [5, 5.41) is 2.08. The molecule has 2 rings (SSSR count). The maximum absolute atomic E-state index is 12.7. The third kappa shape index (κ3) is 8.03. The molecule has 8 heteroatoms. The van der Waals surface area contributed by atoms with Gasteiger partial charge in [0, 0.05) is 5.56 Å². The monoisotopic (exact) mass is 436 g/mol. The van der Waals surface area contributed by atoms with Crippen LogP contribution in [0.25, 0.3) is 0 Å². The second kappa shape index (κ2) is 13.9. The average molecular weight is 437 g/mol. The Morgan fingerprint density at radius 1 is 1.18 bits per heavy atom. The number of nitrogens with two attached hydrogens (primary N) is 1. The van der Waals surface area contributed by atoms with E-state index in [1.165, 1.54) is 4.90 Å². The molecule has 1 heterocycles. The third-order valence-corrected chi connectivity index (χ3v) is 4.85. The SMILES string of the molecule is CC[NH+](CC)CC[NH2+]C(C(=O)OCCC(C)C)c1ccc2c(c1)OCO2.[Cl-].[Cl-]. The fraction of sp³-hybridized carbons (Fsp3) is 0.650. The summed E-state index contributed by atoms with van der Waals surface area (Å²) < 4.78 is 16.4. The van der Waals surface area contributed by atoms with Crippen LogP contribution in [0.2, 0.25) is 0 Å². The minimum Gasteiger partial charge on any atom is -1.00 e. The van der Waals surface area contributed by atoms with Crippen LogP contribution in [0.4, 0.5) is 0 Å². The molecular formula is C20H34Cl2N2O4. The summed E-state index contributed by atoms with van der Waals surface area (Å²) in [5.41, 5.74) is 0.901. The van der Waals surface area contributed by atoms with Crippen LogP contribution >= 0.6 is 0 Å². The van der Waals surface area contributed by atoms with E-state index in [1.54, 1.807) is 0 Å². The number of carbonyl (C=O) groups is 1. The predicted octanol–water partition coefficient (Wildman–Crippen LogP) is -5.46. The van der Waals surface area contributed by atoms with Gasteiger partial charge in [0.1, 0.15) is 13.1 Å². The third-order valence-electron chi connectivity index (χ3n) is 4.85. The zero-order valence-electron chi connectivity index (χ0n) is 17.3. The van der Waals surface area contributed by atoms with Gasteiger partial charge in [0.2, 0.25) is 12.8 Å². The van der Waals surface area contributed by atoms with E-state index in [2.05, 4.69) is 33.0 Å². The zero-order valence-corrected chi connectivity index (χ0v) is 18.8. The molecule has 1 aromatic rings. The van der Waals surface area contributed by atoms with Gasteiger partial charge in [0.05, 0.1) is 19.7 Å². The summed E-state index contributed by atoms with van der Waals surface area (Å²) in [4.78, 5) is 14.2. The normalized spacial score (nSPS) is 13.1. The number of rotatable bonds is 11. The van der Waals surface area contributed by atoms with Gasteiger partial charge in [-0.2, -0.15) is 0 Å². The van der Waals surface area contributed by atoms with E-state index in [4.69, 9.17) is 14.2 Å². The Bertz CT molecular complexity index is 583. The van der Waals surface area contributed by atoms with Gasteiger partial charge in [-0.25, -0.2) is 4.79 Å². The highest BCUT2D eigenvalue weighted by Gasteiger charge is 2.28. The molecule has 1 aliphatic rings. The van der Waals surface area contributed by atoms with Crippen molar-refractivity contribution in [1.82, 2.24) is 0 Å². The lowest BCUT2D eigenvalue weighted by atomic mass is 10.1. The topological polar surface area (TPSA) is 65.8 Å². The molecular weight excluding hydrogens is 403 g/mol. The maximum Gasteiger partial charge on any atom is 0.369 e. The van der Waals surface area contributed by atoms with Crippen LogP contribution in [0.3, 0.4) is 0 Å². The van der Waals surface area contributed by atoms with Crippen molar-refractivity contribution in [2.24, 2.45) is 5.92 Å². The Kier molecular flexibility index (Phi) is 13.3. The molecule has 0 spiro atoms. The zero-order chi connectivity index (χ0) is 18.9. The molecule has 28 heavy (non-hydrogen) atoms. The number of hydrogen-bond acceptors (Lipinski definition) is 4. The van der Waals surface area contributed by atoms with Crippen LogP contribution < -0.4 is 44.5 Å². The second-order valence-corrected chi connectivity index (χ2v) is 7.17. The predicted molar refractivity (Wildman–Crippen MR) is 99.4 cm³/mol. The number of halogens is 2. The van der Waals surface area contributed by atoms with E-state index in [-0.39, 0.29) is 43.6 Å². The van der Waals surface area contributed by atoms with E-state index in [0.717, 1.165) is 43.9 Å². The standard InChI is InChI=1S/C20H32N2O4.2ClH/c1-5-22(6-2)11-10-21-19(20(23)24-12-9-15(3)4)16-7-8-17-18(13-16)26-14-25-17;;/h7-8,13,15,19,21H,5-6,9-12,14H2,1-4H3;2*1H. The Morgan fingerprint density at radius 2 is 1.86 bits per heavy atom. The quantitative estimate of drug-likeness (QED) is 0.339. The molecule has 6 nitrogen and oxygen atoms in total. The highest BCUT2D eigenvalue weighted by Crippen LogP contribution is 2.33. The van der Waals surface area contributed by atoms with Gasteiger partial charge in [-0.3, -0.25) is 0 Å². The Balaban J connectivity index is 0.00000364. The summed E-state index contributed by atoms with van der Waals surface area (Å²) in [7, 11) is 0. The molecule has 3 N–H and O–H groups in total. The fourth-order valence-corrected chi connectivity index (χ4v) is 3.02. The lowest BCUT2D eigenvalue weighted by Gasteiger charge is -2.18. The molecule has 1 atom stereocenters. The number of quaternary nitrogens is 2. The first kappa shape index (κ1) is 26.8. The van der Waals surface area contributed by atoms with Gasteiger partial charge in [0.25, 0.3) is 0 Å². The van der Waals surface area contributed by atoms with Gasteiger partial charge < -0.3 is 49.2 Å². The summed E-state index contributed by atoms with van der Waals surface area (Å²) in [5.74, 6) is 1.76. The minimum absolute atomic E-state index is 0. The van der Waals surface area contributed by atoms with E-state index < -0.39 is 0 Å². The van der Waals surface area contributed by atoms with Crippen molar-refractivity contribution in [3.8, 4) is 11.5 Å². The van der Waals surface area contributed by atoms with Crippen LogP contribution in [-0.4, -0.2) is 45.5 Å². The molecule has 162 valence electrons. The molecule has 0 aliphatic carbocycles. The smallest absolute Gasteiger partial charge is 0.369 e. The second-order valence-electron chi connectivity index (χ2n) is 7.17. The van der Waals surface area contributed by atoms with Crippen molar-refractivity contribution in [3.63, 3.8) is 0 Å². The molecule has 1 aromatic carbocycles. The number of esters is 1. The van der Waals surface area contributed by atoms with Crippen LogP contribution in [-0.2, 0) is 9.53 Å². The van der Waals surface area contributed by atoms with Crippen molar-refractivity contribution in [1.29, 1.82) is 0 Å². The van der Waals surface area contributed by atoms with E-state index in [9.17, 15) is 4.79 Å². The largest absolute Gasteiger partial charge is 1.00 e. The Hall–Kier alpha value is -1.21. The molecule has 0 amide bonds. The lowest BCUT2D eigenvalue weighted by Crippen LogP contribution is -3.14. The Morgan fingerprint density at radius 3 is 2.50 bits per heavy atom. The number of hydrogen-bond donors (Lipinski definition) is 2. The number of ether oxygens (including phenoxy) is 3. The number of likely N-dealkylation sites (N-methyl/N-ethyl adjacent to an activating group) is 1. The summed E-state index contributed by atoms with van der Waals surface area (Å²) in [6.45, 7) is 13.4. The number of benzene rings is 1. The molecule has 0 radical (unpaired) electrons. The molecule has 1 unspecified atom stereocenters. The number of nitrogens with one attached hydrogen (secondary N) is 1. The van der Waals surface area contributed by atoms with E-state index >= 15 is 0 Å². The Labute approximate surface area is 181 Å². The van der Waals surface area contributed by atoms with Crippen LogP contribution in [0.5, 0.6) is 11.5 Å². The highest BCUT2D eigenvalue weighted by atomic mass is 35.5. The number of carbonyl (C=O) groups excluding carboxylic acids is 1. The first-order valence-electron chi connectivity index (χ1n) is 9.78. The molecule has 0 saturated heterocycles. The van der Waals surface area contributed by atoms with Crippen LogP contribution in [0, 0.1) is 5.92 Å². The van der Waals surface area contributed by atoms with Gasteiger partial charge in [0.15, 0.2) is 11.5 Å². The van der Waals surface area contributed by atoms with Gasteiger partial charge in [-0.1, -0.05) is 13.8 Å². The number of fused-ring (bicyclic) bond motifs is 1. The molecule has 0 bridgehead atoms. The first-order valence-corrected chi connectivity index (χ1v) is 9.78. The molecule has 0 fully saturated rings. The summed E-state index contributed by atoms with van der Waals surface area (Å²) in [6.07, 6.45) is 0.878. The van der Waals surface area contributed by atoms with Crippen LogP contribution in [0.1, 0.15) is 45.7 Å². The summed E-state index contributed by atoms with van der Waals surface area (Å²) >= 11 is 0. The molecule has 1 aliphatic heterocycles. The van der Waals surface area contributed by atoms with Gasteiger partial charge in [-0.05, 0) is 44.4 Å².